The third-order valence-electron chi connectivity index (χ3n) is 9.60. The van der Waals surface area contributed by atoms with Crippen molar-refractivity contribution in [2.75, 3.05) is 25.6 Å². The van der Waals surface area contributed by atoms with Gasteiger partial charge in [-0.05, 0) is 97.6 Å². The normalized spacial score (nSPS) is 35.1. The van der Waals surface area contributed by atoms with Gasteiger partial charge in [0.05, 0.1) is 0 Å². The van der Waals surface area contributed by atoms with Crippen molar-refractivity contribution in [1.82, 2.24) is 0 Å². The van der Waals surface area contributed by atoms with Crippen LogP contribution in [0.1, 0.15) is 70.3 Å². The van der Waals surface area contributed by atoms with E-state index >= 15 is 0 Å². The lowest BCUT2D eigenvalue weighted by molar-refractivity contribution is -0.114. The third-order valence-corrected chi connectivity index (χ3v) is 9.60. The molecule has 1 aromatic rings. The van der Waals surface area contributed by atoms with Crippen LogP contribution in [0.5, 0.6) is 0 Å². The molecule has 0 heterocycles. The lowest BCUT2D eigenvalue weighted by atomic mass is 9.49. The molecule has 0 bridgehead atoms. The molecule has 174 valence electrons. The zero-order valence-corrected chi connectivity index (χ0v) is 20.6. The van der Waals surface area contributed by atoms with Gasteiger partial charge >= 0.3 is 0 Å². The molecule has 0 aromatic heterocycles. The molecule has 0 radical (unpaired) electrons. The maximum absolute atomic E-state index is 12.2. The zero-order chi connectivity index (χ0) is 23.4. The summed E-state index contributed by atoms with van der Waals surface area (Å²) in [6.45, 7) is 4.76. The summed E-state index contributed by atoms with van der Waals surface area (Å²) in [5, 5.41) is 9.44. The van der Waals surface area contributed by atoms with Crippen LogP contribution in [0.4, 0.5) is 5.69 Å². The van der Waals surface area contributed by atoms with E-state index in [4.69, 9.17) is 0 Å². The van der Waals surface area contributed by atoms with E-state index in [-0.39, 0.29) is 17.4 Å². The molecule has 0 spiro atoms. The van der Waals surface area contributed by atoms with Gasteiger partial charge in [-0.1, -0.05) is 36.5 Å². The van der Waals surface area contributed by atoms with Gasteiger partial charge in [-0.2, -0.15) is 0 Å². The van der Waals surface area contributed by atoms with Gasteiger partial charge in [0, 0.05) is 37.5 Å². The first-order valence-corrected chi connectivity index (χ1v) is 12.6. The molecule has 2 unspecified atom stereocenters. The van der Waals surface area contributed by atoms with Crippen molar-refractivity contribution in [2.45, 2.75) is 64.7 Å². The van der Waals surface area contributed by atoms with Crippen molar-refractivity contribution in [1.29, 1.82) is 0 Å². The highest BCUT2D eigenvalue weighted by molar-refractivity contribution is 5.93. The molecular formula is C30H37NO2. The van der Waals surface area contributed by atoms with Crippen molar-refractivity contribution < 1.29 is 9.90 Å². The molecule has 3 nitrogen and oxygen atoms in total. The number of allylic oxidation sites excluding steroid dienone is 4. The average Bonchev–Trinajstić information content (AvgIpc) is 3.07. The Labute approximate surface area is 199 Å². The Morgan fingerprint density at radius 3 is 2.55 bits per heavy atom. The topological polar surface area (TPSA) is 40.5 Å². The number of hydrogen-bond acceptors (Lipinski definition) is 3. The Hall–Kier alpha value is -2.31. The van der Waals surface area contributed by atoms with E-state index in [1.54, 1.807) is 5.57 Å². The zero-order valence-electron chi connectivity index (χ0n) is 20.6. The van der Waals surface area contributed by atoms with Gasteiger partial charge in [0.2, 0.25) is 0 Å². The van der Waals surface area contributed by atoms with Gasteiger partial charge in [0.15, 0.2) is 5.78 Å². The molecule has 1 aromatic carbocycles. The minimum absolute atomic E-state index is 0.0628. The largest absolute Gasteiger partial charge is 0.384 e. The Morgan fingerprint density at radius 1 is 1.09 bits per heavy atom. The Morgan fingerprint density at radius 2 is 1.85 bits per heavy atom. The number of rotatable bonds is 2. The Bertz CT molecular complexity index is 1080. The third kappa shape index (κ3) is 3.50. The van der Waals surface area contributed by atoms with Crippen LogP contribution in [0.15, 0.2) is 47.1 Å². The standard InChI is InChI=1S/C30H37NO2/c1-29(15-5-17-32)16-14-27-25-12-8-21-18-23(33)11-13-24(21)28(25)26(19-30(27,29)2)20-6-9-22(10-7-20)31(3)4/h6-7,9-10,18,25-27,32H,8,11-14,16-17,19H2,1-4H3/t25?,26-,27?,29-,30+/m1/s1. The second-order valence-corrected chi connectivity index (χ2v) is 11.3. The molecule has 3 heteroatoms. The minimum Gasteiger partial charge on any atom is -0.384 e. The van der Waals surface area contributed by atoms with E-state index in [0.29, 0.717) is 30.0 Å². The molecule has 4 aliphatic carbocycles. The highest BCUT2D eigenvalue weighted by Crippen LogP contribution is 2.69. The highest BCUT2D eigenvalue weighted by Gasteiger charge is 2.61. The van der Waals surface area contributed by atoms with Crippen molar-refractivity contribution in [3.63, 3.8) is 0 Å². The van der Waals surface area contributed by atoms with Gasteiger partial charge < -0.3 is 10.0 Å². The lowest BCUT2D eigenvalue weighted by Crippen LogP contribution is -2.46. The van der Waals surface area contributed by atoms with E-state index in [1.807, 2.05) is 6.08 Å². The van der Waals surface area contributed by atoms with Gasteiger partial charge in [0.1, 0.15) is 6.61 Å². The quantitative estimate of drug-likeness (QED) is 0.600. The first-order valence-electron chi connectivity index (χ1n) is 12.6. The van der Waals surface area contributed by atoms with E-state index in [0.717, 1.165) is 32.1 Å². The molecule has 4 aliphatic rings. The van der Waals surface area contributed by atoms with Crippen LogP contribution in [0, 0.1) is 34.5 Å². The second kappa shape index (κ2) is 8.17. The summed E-state index contributed by atoms with van der Waals surface area (Å²) in [5.41, 5.74) is 7.12. The molecular weight excluding hydrogens is 406 g/mol. The summed E-state index contributed by atoms with van der Waals surface area (Å²) in [4.78, 5) is 14.4. The monoisotopic (exact) mass is 443 g/mol. The van der Waals surface area contributed by atoms with Crippen molar-refractivity contribution in [3.8, 4) is 11.8 Å². The molecule has 0 amide bonds. The van der Waals surface area contributed by atoms with Crippen LogP contribution in [-0.2, 0) is 4.79 Å². The number of benzene rings is 1. The Kier molecular flexibility index (Phi) is 5.57. The SMILES string of the molecule is CN(C)c1ccc([C@H]2C[C@@]3(C)C(CC[C@@]3(C)C#CCO)C3CCC4=CC(=O)CCC4=C32)cc1. The number of aliphatic hydroxyl groups is 1. The molecule has 5 rings (SSSR count). The van der Waals surface area contributed by atoms with Crippen LogP contribution in [0.3, 0.4) is 0 Å². The van der Waals surface area contributed by atoms with Gasteiger partial charge in [-0.25, -0.2) is 0 Å². The van der Waals surface area contributed by atoms with Crippen LogP contribution < -0.4 is 4.90 Å². The maximum atomic E-state index is 12.2. The molecule has 2 saturated carbocycles. The molecule has 33 heavy (non-hydrogen) atoms. The van der Waals surface area contributed by atoms with Crippen LogP contribution in [0.2, 0.25) is 0 Å². The minimum atomic E-state index is -0.0724. The summed E-state index contributed by atoms with van der Waals surface area (Å²) >= 11 is 0. The summed E-state index contributed by atoms with van der Waals surface area (Å²) in [7, 11) is 4.17. The first kappa shape index (κ1) is 22.5. The Balaban J connectivity index is 1.66. The number of nitrogens with zero attached hydrogens (tertiary/aromatic N) is 1. The van der Waals surface area contributed by atoms with Crippen LogP contribution in [-0.4, -0.2) is 31.6 Å². The summed E-state index contributed by atoms with van der Waals surface area (Å²) in [5.74, 6) is 8.41. The molecule has 1 N–H and O–H groups in total. The molecule has 2 fully saturated rings. The van der Waals surface area contributed by atoms with Crippen molar-refractivity contribution >= 4 is 11.5 Å². The summed E-state index contributed by atoms with van der Waals surface area (Å²) < 4.78 is 0. The molecule has 0 aliphatic heterocycles. The van der Waals surface area contributed by atoms with E-state index in [9.17, 15) is 9.90 Å². The number of carbonyl (C=O) groups is 1. The number of carbonyl (C=O) groups excluding carboxylic acids is 1. The number of anilines is 1. The van der Waals surface area contributed by atoms with E-state index in [1.165, 1.54) is 28.8 Å². The van der Waals surface area contributed by atoms with E-state index in [2.05, 4.69) is 68.9 Å². The van der Waals surface area contributed by atoms with Crippen LogP contribution >= 0.6 is 0 Å². The molecule has 0 saturated heterocycles. The summed E-state index contributed by atoms with van der Waals surface area (Å²) in [6.07, 6.45) is 9.10. The number of hydrogen-bond donors (Lipinski definition) is 1. The fraction of sp³-hybridized carbons (Fsp3) is 0.567. The second-order valence-electron chi connectivity index (χ2n) is 11.3. The number of ketones is 1. The first-order chi connectivity index (χ1) is 15.8. The fourth-order valence-electron chi connectivity index (χ4n) is 7.65. The van der Waals surface area contributed by atoms with Crippen molar-refractivity contribution in [3.05, 3.63) is 52.6 Å². The summed E-state index contributed by atoms with van der Waals surface area (Å²) in [6, 6.07) is 9.14. The lowest BCUT2D eigenvalue weighted by Gasteiger charge is -2.54. The number of aliphatic hydroxyl groups excluding tert-OH is 1. The van der Waals surface area contributed by atoms with E-state index < -0.39 is 0 Å². The van der Waals surface area contributed by atoms with Crippen molar-refractivity contribution in [2.24, 2.45) is 22.7 Å². The van der Waals surface area contributed by atoms with Crippen LogP contribution in [0.25, 0.3) is 0 Å². The molecule has 5 atom stereocenters. The van der Waals surface area contributed by atoms with Gasteiger partial charge in [-0.15, -0.1) is 0 Å². The smallest absolute Gasteiger partial charge is 0.156 e. The van der Waals surface area contributed by atoms with Gasteiger partial charge in [-0.3, -0.25) is 4.79 Å². The fourth-order valence-corrected chi connectivity index (χ4v) is 7.65. The predicted molar refractivity (Wildman–Crippen MR) is 134 cm³/mol. The highest BCUT2D eigenvalue weighted by atomic mass is 16.2. The predicted octanol–water partition coefficient (Wildman–Crippen LogP) is 5.65. The maximum Gasteiger partial charge on any atom is 0.156 e. The number of fused-ring (bicyclic) bond motifs is 4. The average molecular weight is 444 g/mol. The van der Waals surface area contributed by atoms with Gasteiger partial charge in [0.25, 0.3) is 0 Å².